The van der Waals surface area contributed by atoms with Crippen LogP contribution in [0, 0.1) is 0 Å². The molecule has 2 aromatic heterocycles. The molecule has 0 radical (unpaired) electrons. The van der Waals surface area contributed by atoms with E-state index < -0.39 is 0 Å². The van der Waals surface area contributed by atoms with Gasteiger partial charge >= 0.3 is 0 Å². The monoisotopic (exact) mass is 360 g/mol. The lowest BCUT2D eigenvalue weighted by Crippen LogP contribution is -2.47. The summed E-state index contributed by atoms with van der Waals surface area (Å²) in [4.78, 5) is 34.8. The molecule has 0 fully saturated rings. The lowest BCUT2D eigenvalue weighted by Gasteiger charge is -2.25. The van der Waals surface area contributed by atoms with Gasteiger partial charge in [0.2, 0.25) is 11.8 Å². The van der Waals surface area contributed by atoms with Gasteiger partial charge in [-0.25, -0.2) is 4.98 Å². The fourth-order valence-electron chi connectivity index (χ4n) is 2.27. The van der Waals surface area contributed by atoms with Crippen molar-refractivity contribution in [3.05, 3.63) is 35.5 Å². The van der Waals surface area contributed by atoms with Gasteiger partial charge in [-0.15, -0.1) is 11.3 Å². The fraction of sp³-hybridized carbons (Fsp3) is 0.444. The number of carbonyl (C=O) groups is 2. The maximum atomic E-state index is 12.5. The van der Waals surface area contributed by atoms with Crippen LogP contribution in [-0.4, -0.2) is 45.3 Å². The van der Waals surface area contributed by atoms with Crippen molar-refractivity contribution in [1.29, 1.82) is 0 Å². The van der Waals surface area contributed by atoms with E-state index in [-0.39, 0.29) is 30.3 Å². The van der Waals surface area contributed by atoms with Crippen LogP contribution >= 0.6 is 11.3 Å². The molecule has 0 unspecified atom stereocenters. The highest BCUT2D eigenvalue weighted by molar-refractivity contribution is 7.13. The van der Waals surface area contributed by atoms with Crippen molar-refractivity contribution in [1.82, 2.24) is 20.2 Å². The number of rotatable bonds is 6. The number of nitrogens with one attached hydrogen (secondary N) is 1. The summed E-state index contributed by atoms with van der Waals surface area (Å²) in [6, 6.07) is 5.64. The number of nitrogens with zero attached hydrogens (tertiary/aromatic N) is 3. The van der Waals surface area contributed by atoms with Crippen molar-refractivity contribution in [3.8, 4) is 10.7 Å². The van der Waals surface area contributed by atoms with Crippen molar-refractivity contribution >= 4 is 23.2 Å². The molecule has 0 spiro atoms. The number of hydrogen-bond donors (Lipinski definition) is 1. The Morgan fingerprint density at radius 2 is 2.04 bits per heavy atom. The van der Waals surface area contributed by atoms with E-state index in [1.807, 2.05) is 51.3 Å². The van der Waals surface area contributed by atoms with Gasteiger partial charge in [0, 0.05) is 23.7 Å². The van der Waals surface area contributed by atoms with Crippen LogP contribution in [0.1, 0.15) is 33.4 Å². The highest BCUT2D eigenvalue weighted by Crippen LogP contribution is 2.21. The summed E-state index contributed by atoms with van der Waals surface area (Å²) in [6.45, 7) is 8.15. The molecule has 2 amide bonds. The van der Waals surface area contributed by atoms with Gasteiger partial charge in [-0.1, -0.05) is 6.07 Å². The van der Waals surface area contributed by atoms with Gasteiger partial charge in [-0.2, -0.15) is 0 Å². The second kappa shape index (κ2) is 8.20. The van der Waals surface area contributed by atoms with Crippen molar-refractivity contribution in [2.24, 2.45) is 0 Å². The molecule has 2 rings (SSSR count). The SMILES string of the molecule is CCN(CC(=O)NC(C)(C)C)C(=O)Cc1csc(-c2ccccn2)n1. The predicted molar refractivity (Wildman–Crippen MR) is 99.2 cm³/mol. The first-order valence-corrected chi connectivity index (χ1v) is 9.11. The number of likely N-dealkylation sites (N-methyl/N-ethyl adjacent to an activating group) is 1. The van der Waals surface area contributed by atoms with E-state index in [1.54, 1.807) is 11.1 Å². The molecule has 0 aliphatic rings. The Bertz CT molecular complexity index is 722. The Labute approximate surface area is 152 Å². The van der Waals surface area contributed by atoms with Crippen LogP contribution in [0.5, 0.6) is 0 Å². The van der Waals surface area contributed by atoms with E-state index in [4.69, 9.17) is 0 Å². The molecule has 0 saturated heterocycles. The lowest BCUT2D eigenvalue weighted by atomic mass is 10.1. The van der Waals surface area contributed by atoms with Gasteiger partial charge < -0.3 is 10.2 Å². The summed E-state index contributed by atoms with van der Waals surface area (Å²) < 4.78 is 0. The van der Waals surface area contributed by atoms with Crippen LogP contribution in [0.25, 0.3) is 10.7 Å². The molecule has 1 N–H and O–H groups in total. The Morgan fingerprint density at radius 1 is 1.28 bits per heavy atom. The van der Waals surface area contributed by atoms with Gasteiger partial charge in [0.25, 0.3) is 0 Å². The number of pyridine rings is 1. The summed E-state index contributed by atoms with van der Waals surface area (Å²) >= 11 is 1.46. The Morgan fingerprint density at radius 3 is 2.64 bits per heavy atom. The first kappa shape index (κ1) is 19.1. The molecule has 0 aromatic carbocycles. The molecule has 0 bridgehead atoms. The zero-order valence-electron chi connectivity index (χ0n) is 15.1. The topological polar surface area (TPSA) is 75.2 Å². The number of thiazole rings is 1. The quantitative estimate of drug-likeness (QED) is 0.859. The first-order chi connectivity index (χ1) is 11.8. The van der Waals surface area contributed by atoms with Gasteiger partial charge in [0.15, 0.2) is 0 Å². The van der Waals surface area contributed by atoms with Crippen molar-refractivity contribution in [3.63, 3.8) is 0 Å². The van der Waals surface area contributed by atoms with Gasteiger partial charge in [0.05, 0.1) is 24.4 Å². The number of carbonyl (C=O) groups excluding carboxylic acids is 2. The smallest absolute Gasteiger partial charge is 0.240 e. The largest absolute Gasteiger partial charge is 0.350 e. The average molecular weight is 360 g/mol. The Balaban J connectivity index is 1.98. The molecule has 2 aromatic rings. The zero-order valence-corrected chi connectivity index (χ0v) is 15.9. The summed E-state index contributed by atoms with van der Waals surface area (Å²) in [6.07, 6.45) is 1.90. The van der Waals surface area contributed by atoms with E-state index in [1.165, 1.54) is 11.3 Å². The fourth-order valence-corrected chi connectivity index (χ4v) is 3.06. The van der Waals surface area contributed by atoms with Crippen LogP contribution in [0.3, 0.4) is 0 Å². The normalized spacial score (nSPS) is 11.2. The minimum Gasteiger partial charge on any atom is -0.350 e. The standard InChI is InChI=1S/C18H24N4O2S/c1-5-22(11-15(23)21-18(2,3)4)16(24)10-13-12-25-17(20-13)14-8-6-7-9-19-14/h6-9,12H,5,10-11H2,1-4H3,(H,21,23). The van der Waals surface area contributed by atoms with E-state index in [9.17, 15) is 9.59 Å². The van der Waals surface area contributed by atoms with Crippen molar-refractivity contribution in [2.45, 2.75) is 39.7 Å². The molecule has 134 valence electrons. The maximum absolute atomic E-state index is 12.5. The van der Waals surface area contributed by atoms with Crippen LogP contribution < -0.4 is 5.32 Å². The van der Waals surface area contributed by atoms with E-state index in [0.717, 1.165) is 10.7 Å². The third-order valence-electron chi connectivity index (χ3n) is 3.35. The second-order valence-corrected chi connectivity index (χ2v) is 7.60. The molecule has 0 aliphatic heterocycles. The minimum atomic E-state index is -0.313. The van der Waals surface area contributed by atoms with E-state index in [0.29, 0.717) is 12.2 Å². The summed E-state index contributed by atoms with van der Waals surface area (Å²) in [5, 5.41) is 5.53. The van der Waals surface area contributed by atoms with Crippen molar-refractivity contribution < 1.29 is 9.59 Å². The van der Waals surface area contributed by atoms with E-state index >= 15 is 0 Å². The van der Waals surface area contributed by atoms with Crippen LogP contribution in [0.15, 0.2) is 29.8 Å². The minimum absolute atomic E-state index is 0.0594. The molecule has 6 nitrogen and oxygen atoms in total. The summed E-state index contributed by atoms with van der Waals surface area (Å²) in [5.41, 5.74) is 1.18. The molecular formula is C18H24N4O2S. The Hall–Kier alpha value is -2.28. The van der Waals surface area contributed by atoms with Gasteiger partial charge in [-0.3, -0.25) is 14.6 Å². The van der Waals surface area contributed by atoms with Crippen LogP contribution in [-0.2, 0) is 16.0 Å². The molecule has 2 heterocycles. The van der Waals surface area contributed by atoms with Gasteiger partial charge in [-0.05, 0) is 39.8 Å². The average Bonchev–Trinajstić information content (AvgIpc) is 3.00. The number of hydrogen-bond acceptors (Lipinski definition) is 5. The summed E-state index contributed by atoms with van der Waals surface area (Å²) in [5.74, 6) is -0.264. The van der Waals surface area contributed by atoms with Crippen LogP contribution in [0.4, 0.5) is 0 Å². The van der Waals surface area contributed by atoms with E-state index in [2.05, 4.69) is 15.3 Å². The molecule has 25 heavy (non-hydrogen) atoms. The third kappa shape index (κ3) is 5.94. The lowest BCUT2D eigenvalue weighted by molar-refractivity contribution is -0.135. The molecular weight excluding hydrogens is 336 g/mol. The van der Waals surface area contributed by atoms with Gasteiger partial charge in [0.1, 0.15) is 5.01 Å². The highest BCUT2D eigenvalue weighted by Gasteiger charge is 2.20. The molecule has 7 heteroatoms. The Kier molecular flexibility index (Phi) is 6.25. The number of amides is 2. The van der Waals surface area contributed by atoms with Crippen LogP contribution in [0.2, 0.25) is 0 Å². The summed E-state index contributed by atoms with van der Waals surface area (Å²) in [7, 11) is 0. The highest BCUT2D eigenvalue weighted by atomic mass is 32.1. The number of aromatic nitrogens is 2. The third-order valence-corrected chi connectivity index (χ3v) is 4.27. The van der Waals surface area contributed by atoms with Crippen molar-refractivity contribution in [2.75, 3.05) is 13.1 Å². The molecule has 0 atom stereocenters. The second-order valence-electron chi connectivity index (χ2n) is 6.74. The molecule has 0 saturated carbocycles. The molecule has 0 aliphatic carbocycles. The zero-order chi connectivity index (χ0) is 18.4. The maximum Gasteiger partial charge on any atom is 0.240 e. The first-order valence-electron chi connectivity index (χ1n) is 8.23. The predicted octanol–water partition coefficient (Wildman–Crippen LogP) is 2.51.